The number of carbonyl (C=O) groups excluding carboxylic acids is 1. The first kappa shape index (κ1) is 25.7. The van der Waals surface area contributed by atoms with Gasteiger partial charge in [-0.3, -0.25) is 14.7 Å². The number of benzene rings is 2. The maximum Gasteiger partial charge on any atom is 0.229 e. The number of carbonyl (C=O) groups is 1. The number of fused-ring (bicyclic) bond motifs is 2. The van der Waals surface area contributed by atoms with Crippen molar-refractivity contribution in [1.82, 2.24) is 45.0 Å². The fourth-order valence-electron chi connectivity index (χ4n) is 5.44. The number of pyridine rings is 1. The van der Waals surface area contributed by atoms with Crippen LogP contribution in [0.25, 0.3) is 33.6 Å². The summed E-state index contributed by atoms with van der Waals surface area (Å²) in [6, 6.07) is 17.4. The molecular weight excluding hydrogens is 534 g/mol. The van der Waals surface area contributed by atoms with Crippen LogP contribution in [-0.4, -0.2) is 77.1 Å². The molecule has 5 heterocycles. The fraction of sp³-hybridized carbons (Fsp3) is 0.241. The number of nitrogens with one attached hydrogen (secondary N) is 1. The molecule has 0 saturated carbocycles. The number of rotatable bonds is 6. The lowest BCUT2D eigenvalue weighted by molar-refractivity contribution is -0.114. The van der Waals surface area contributed by atoms with Gasteiger partial charge in [-0.2, -0.15) is 4.80 Å². The molecule has 1 aliphatic rings. The van der Waals surface area contributed by atoms with Crippen LogP contribution in [0.15, 0.2) is 71.5 Å². The highest BCUT2D eigenvalue weighted by Crippen LogP contribution is 2.33. The molecule has 42 heavy (non-hydrogen) atoms. The summed E-state index contributed by atoms with van der Waals surface area (Å²) in [6.07, 6.45) is 3.28. The Hall–Kier alpha value is -5.30. The molecule has 1 amide bonds. The number of aryl methyl sites for hydroxylation is 1. The molecule has 7 rings (SSSR count). The first-order chi connectivity index (χ1) is 20.5. The Morgan fingerprint density at radius 1 is 0.976 bits per heavy atom. The van der Waals surface area contributed by atoms with Crippen molar-refractivity contribution < 1.29 is 9.21 Å². The lowest BCUT2D eigenvalue weighted by Crippen LogP contribution is -2.48. The number of amides is 1. The van der Waals surface area contributed by atoms with E-state index < -0.39 is 0 Å². The largest absolute Gasteiger partial charge is 0.436 e. The Morgan fingerprint density at radius 2 is 1.81 bits per heavy atom. The van der Waals surface area contributed by atoms with Gasteiger partial charge in [0, 0.05) is 45.0 Å². The maximum atomic E-state index is 11.5. The van der Waals surface area contributed by atoms with E-state index in [1.54, 1.807) is 37.8 Å². The molecule has 1 saturated heterocycles. The van der Waals surface area contributed by atoms with Gasteiger partial charge in [-0.15, -0.1) is 10.2 Å². The van der Waals surface area contributed by atoms with Crippen molar-refractivity contribution in [3.8, 4) is 11.5 Å². The Kier molecular flexibility index (Phi) is 6.47. The van der Waals surface area contributed by atoms with E-state index in [-0.39, 0.29) is 11.9 Å². The van der Waals surface area contributed by atoms with Gasteiger partial charge in [0.1, 0.15) is 22.9 Å². The number of anilines is 2. The van der Waals surface area contributed by atoms with E-state index in [1.165, 1.54) is 11.7 Å². The number of piperazine rings is 1. The summed E-state index contributed by atoms with van der Waals surface area (Å²) < 4.78 is 6.08. The molecule has 1 N–H and O–H groups in total. The van der Waals surface area contributed by atoms with E-state index in [2.05, 4.69) is 62.6 Å². The molecule has 4 aromatic heterocycles. The van der Waals surface area contributed by atoms with Crippen LogP contribution < -0.4 is 10.2 Å². The van der Waals surface area contributed by atoms with E-state index in [4.69, 9.17) is 4.42 Å². The minimum absolute atomic E-state index is 0.0979. The van der Waals surface area contributed by atoms with Gasteiger partial charge in [-0.25, -0.2) is 15.0 Å². The van der Waals surface area contributed by atoms with Crippen molar-refractivity contribution in [1.29, 1.82) is 0 Å². The first-order valence-electron chi connectivity index (χ1n) is 13.6. The Bertz CT molecular complexity index is 1890. The normalized spacial score (nSPS) is 14.9. The second-order valence-corrected chi connectivity index (χ2v) is 10.1. The minimum atomic E-state index is -0.149. The summed E-state index contributed by atoms with van der Waals surface area (Å²) in [5.74, 6) is 1.72. The van der Waals surface area contributed by atoms with Crippen molar-refractivity contribution in [2.75, 3.05) is 36.4 Å². The van der Waals surface area contributed by atoms with Crippen molar-refractivity contribution in [3.05, 3.63) is 78.5 Å². The Balaban J connectivity index is 1.17. The third-order valence-corrected chi connectivity index (χ3v) is 7.30. The lowest BCUT2D eigenvalue weighted by atomic mass is 10.0. The maximum absolute atomic E-state index is 11.5. The van der Waals surface area contributed by atoms with Crippen molar-refractivity contribution in [3.63, 3.8) is 0 Å². The number of hydrogen-bond acceptors (Lipinski definition) is 11. The number of tetrazole rings is 1. The highest BCUT2D eigenvalue weighted by molar-refractivity contribution is 5.96. The third-order valence-electron chi connectivity index (χ3n) is 7.30. The smallest absolute Gasteiger partial charge is 0.229 e. The predicted molar refractivity (Wildman–Crippen MR) is 156 cm³/mol. The van der Waals surface area contributed by atoms with E-state index in [0.29, 0.717) is 39.5 Å². The summed E-state index contributed by atoms with van der Waals surface area (Å²) in [7, 11) is 1.78. The van der Waals surface area contributed by atoms with Crippen molar-refractivity contribution in [2.24, 2.45) is 7.05 Å². The van der Waals surface area contributed by atoms with Gasteiger partial charge in [0.05, 0.1) is 18.7 Å². The fourth-order valence-corrected chi connectivity index (χ4v) is 5.44. The molecule has 0 bridgehead atoms. The zero-order valence-electron chi connectivity index (χ0n) is 23.0. The Morgan fingerprint density at radius 3 is 2.57 bits per heavy atom. The summed E-state index contributed by atoms with van der Waals surface area (Å²) in [5, 5.41) is 15.7. The van der Waals surface area contributed by atoms with Crippen LogP contribution in [-0.2, 0) is 11.8 Å². The summed E-state index contributed by atoms with van der Waals surface area (Å²) in [4.78, 5) is 36.1. The molecule has 1 aliphatic heterocycles. The second kappa shape index (κ2) is 10.6. The molecule has 6 aromatic rings. The molecule has 0 radical (unpaired) electrons. The van der Waals surface area contributed by atoms with Gasteiger partial charge in [0.25, 0.3) is 0 Å². The van der Waals surface area contributed by atoms with Gasteiger partial charge in [-0.05, 0) is 35.0 Å². The summed E-state index contributed by atoms with van der Waals surface area (Å²) in [5.41, 5.74) is 5.09. The zero-order valence-corrected chi connectivity index (χ0v) is 23.0. The summed E-state index contributed by atoms with van der Waals surface area (Å²) >= 11 is 0. The van der Waals surface area contributed by atoms with Gasteiger partial charge in [0.15, 0.2) is 17.2 Å². The number of aromatic nitrogens is 8. The average Bonchev–Trinajstić information content (AvgIpc) is 3.63. The molecule has 0 spiro atoms. The topological polar surface area (TPSA) is 144 Å². The number of nitrogens with zero attached hydrogens (tertiary/aromatic N) is 10. The van der Waals surface area contributed by atoms with Crippen LogP contribution in [0.5, 0.6) is 0 Å². The van der Waals surface area contributed by atoms with Gasteiger partial charge in [0.2, 0.25) is 11.8 Å². The van der Waals surface area contributed by atoms with Crippen LogP contribution in [0.4, 0.5) is 11.5 Å². The van der Waals surface area contributed by atoms with Crippen LogP contribution in [0, 0.1) is 0 Å². The predicted octanol–water partition coefficient (Wildman–Crippen LogP) is 3.23. The lowest BCUT2D eigenvalue weighted by Gasteiger charge is -2.38. The molecule has 2 aromatic carbocycles. The van der Waals surface area contributed by atoms with E-state index in [9.17, 15) is 4.79 Å². The van der Waals surface area contributed by atoms with E-state index in [1.807, 2.05) is 24.3 Å². The molecular formula is C29H27N11O2. The number of oxazole rings is 1. The van der Waals surface area contributed by atoms with Crippen LogP contribution >= 0.6 is 0 Å². The van der Waals surface area contributed by atoms with Crippen LogP contribution in [0.2, 0.25) is 0 Å². The molecule has 1 fully saturated rings. The molecule has 210 valence electrons. The van der Waals surface area contributed by atoms with Gasteiger partial charge >= 0.3 is 0 Å². The SMILES string of the molecule is CC(=O)Nc1ccc2oc(-c3ccnc4c(N5CCN(C(c6ccccc6)c6nnn(C)n6)CC5)ncnc34)nc2c1. The minimum Gasteiger partial charge on any atom is -0.436 e. The average molecular weight is 562 g/mol. The summed E-state index contributed by atoms with van der Waals surface area (Å²) in [6.45, 7) is 4.47. The van der Waals surface area contributed by atoms with Crippen LogP contribution in [0.3, 0.4) is 0 Å². The first-order valence-corrected chi connectivity index (χ1v) is 13.6. The zero-order chi connectivity index (χ0) is 28.6. The van der Waals surface area contributed by atoms with E-state index in [0.717, 1.165) is 43.1 Å². The van der Waals surface area contributed by atoms with Crippen molar-refractivity contribution in [2.45, 2.75) is 13.0 Å². The van der Waals surface area contributed by atoms with Crippen LogP contribution in [0.1, 0.15) is 24.4 Å². The molecule has 1 atom stereocenters. The quantitative estimate of drug-likeness (QED) is 0.320. The van der Waals surface area contributed by atoms with Gasteiger partial charge < -0.3 is 14.6 Å². The highest BCUT2D eigenvalue weighted by Gasteiger charge is 2.31. The number of hydrogen-bond donors (Lipinski definition) is 1. The van der Waals surface area contributed by atoms with Gasteiger partial charge in [-0.1, -0.05) is 30.3 Å². The highest BCUT2D eigenvalue weighted by atomic mass is 16.3. The molecule has 1 unspecified atom stereocenters. The standard InChI is InChI=1S/C29H27N11O2/c1-18(41)33-20-8-9-23-22(16-20)34-29(42-23)21-10-11-30-25-24(21)31-17-32-28(25)40-14-12-39(13-15-40)26(19-6-4-3-5-7-19)27-35-37-38(2)36-27/h3-11,16-17,26H,12-15H2,1-2H3,(H,33,41). The van der Waals surface area contributed by atoms with E-state index >= 15 is 0 Å². The third kappa shape index (κ3) is 4.79. The molecule has 13 heteroatoms. The Labute approximate surface area is 240 Å². The molecule has 0 aliphatic carbocycles. The second-order valence-electron chi connectivity index (χ2n) is 10.1. The molecule has 13 nitrogen and oxygen atoms in total. The van der Waals surface area contributed by atoms with Crippen molar-refractivity contribution >= 4 is 39.5 Å². The monoisotopic (exact) mass is 561 g/mol.